The number of benzene rings is 6. The van der Waals surface area contributed by atoms with Crippen LogP contribution in [0.25, 0.3) is 76.5 Å². The van der Waals surface area contributed by atoms with E-state index in [2.05, 4.69) is 135 Å². The van der Waals surface area contributed by atoms with Crippen molar-refractivity contribution in [2.45, 2.75) is 0 Å². The van der Waals surface area contributed by atoms with Crippen LogP contribution in [-0.2, 0) is 0 Å². The summed E-state index contributed by atoms with van der Waals surface area (Å²) >= 11 is 0. The molecule has 0 aliphatic heterocycles. The van der Waals surface area contributed by atoms with E-state index in [1.807, 2.05) is 0 Å². The molecule has 194 valence electrons. The molecule has 0 aliphatic carbocycles. The minimum atomic E-state index is 0.889. The average Bonchev–Trinajstić information content (AvgIpc) is 3.53. The number of furan rings is 2. The molecule has 0 aliphatic rings. The first-order valence-corrected chi connectivity index (χ1v) is 13.6. The number of fused-ring (bicyclic) bond motifs is 10. The maximum atomic E-state index is 6.54. The zero-order valence-electron chi connectivity index (χ0n) is 22.9. The second kappa shape index (κ2) is 8.27. The molecule has 0 amide bonds. The van der Waals surface area contributed by atoms with Crippen molar-refractivity contribution in [3.05, 3.63) is 97.1 Å². The Hall–Kier alpha value is -4.96. The molecule has 0 saturated heterocycles. The summed E-state index contributed by atoms with van der Waals surface area (Å²) in [7, 11) is 8.36. The zero-order chi connectivity index (χ0) is 27.1. The number of hydrogen-bond donors (Lipinski definition) is 0. The van der Waals surface area contributed by atoms with Crippen molar-refractivity contribution in [3.63, 3.8) is 0 Å². The summed E-state index contributed by atoms with van der Waals surface area (Å²) in [5, 5.41) is 9.18. The van der Waals surface area contributed by atoms with Gasteiger partial charge in [-0.15, -0.1) is 0 Å². The Bertz CT molecular complexity index is 2120. The van der Waals surface area contributed by atoms with Crippen LogP contribution in [0.5, 0.6) is 0 Å². The van der Waals surface area contributed by atoms with Gasteiger partial charge in [0.25, 0.3) is 0 Å². The molecule has 40 heavy (non-hydrogen) atoms. The van der Waals surface area contributed by atoms with Gasteiger partial charge in [-0.1, -0.05) is 60.7 Å². The van der Waals surface area contributed by atoms with Crippen LogP contribution in [0.15, 0.2) is 106 Å². The number of anilines is 2. The fourth-order valence-corrected chi connectivity index (χ4v) is 6.26. The Morgan fingerprint density at radius 3 is 1.20 bits per heavy atom. The molecule has 4 nitrogen and oxygen atoms in total. The standard InChI is InChI=1S/C36H28N2O2/c1-37(2)31-19-29-25-15-13-21(17-33(25)39-35(29)27-11-7-5-9-23(27)31)22-14-16-26-30-20-32(38(3)4)24-10-6-8-12-28(24)36(30)40-34(26)18-22/h5-20H,1-4H3. The minimum absolute atomic E-state index is 0.889. The van der Waals surface area contributed by atoms with Crippen molar-refractivity contribution in [2.75, 3.05) is 38.0 Å². The third kappa shape index (κ3) is 3.19. The smallest absolute Gasteiger partial charge is 0.143 e. The molecule has 0 N–H and O–H groups in total. The summed E-state index contributed by atoms with van der Waals surface area (Å²) < 4.78 is 13.1. The van der Waals surface area contributed by atoms with Gasteiger partial charge < -0.3 is 18.6 Å². The molecule has 2 aromatic heterocycles. The van der Waals surface area contributed by atoms with Crippen molar-refractivity contribution in [1.29, 1.82) is 0 Å². The predicted octanol–water partition coefficient (Wildman–Crippen LogP) is 9.59. The molecule has 0 atom stereocenters. The molecule has 0 fully saturated rings. The highest BCUT2D eigenvalue weighted by Gasteiger charge is 2.17. The molecule has 0 radical (unpaired) electrons. The first-order valence-electron chi connectivity index (χ1n) is 13.6. The molecule has 8 aromatic rings. The molecule has 4 heteroatoms. The Morgan fingerprint density at radius 2 is 0.800 bits per heavy atom. The van der Waals surface area contributed by atoms with Gasteiger partial charge in [-0.2, -0.15) is 0 Å². The monoisotopic (exact) mass is 520 g/mol. The fourth-order valence-electron chi connectivity index (χ4n) is 6.26. The molecule has 2 heterocycles. The van der Waals surface area contributed by atoms with Crippen LogP contribution in [0.4, 0.5) is 11.4 Å². The van der Waals surface area contributed by atoms with Crippen molar-refractivity contribution < 1.29 is 8.83 Å². The Labute approximate surface area is 231 Å². The second-order valence-electron chi connectivity index (χ2n) is 11.1. The van der Waals surface area contributed by atoms with Crippen molar-refractivity contribution >= 4 is 76.8 Å². The van der Waals surface area contributed by atoms with E-state index in [9.17, 15) is 0 Å². The molecular weight excluding hydrogens is 492 g/mol. The van der Waals surface area contributed by atoms with Crippen molar-refractivity contribution in [3.8, 4) is 11.1 Å². The summed E-state index contributed by atoms with van der Waals surface area (Å²) in [6.45, 7) is 0. The van der Waals surface area contributed by atoms with Crippen LogP contribution >= 0.6 is 0 Å². The van der Waals surface area contributed by atoms with Crippen LogP contribution in [0.2, 0.25) is 0 Å². The van der Waals surface area contributed by atoms with E-state index in [0.717, 1.165) is 65.8 Å². The first-order chi connectivity index (χ1) is 19.5. The van der Waals surface area contributed by atoms with Crippen molar-refractivity contribution in [2.24, 2.45) is 0 Å². The molecular formula is C36H28N2O2. The van der Waals surface area contributed by atoms with Crippen LogP contribution < -0.4 is 9.80 Å². The van der Waals surface area contributed by atoms with Crippen LogP contribution in [-0.4, -0.2) is 28.2 Å². The van der Waals surface area contributed by atoms with Gasteiger partial charge in [-0.05, 0) is 47.5 Å². The summed E-state index contributed by atoms with van der Waals surface area (Å²) in [6.07, 6.45) is 0. The zero-order valence-corrected chi connectivity index (χ0v) is 22.9. The largest absolute Gasteiger partial charge is 0.455 e. The van der Waals surface area contributed by atoms with Gasteiger partial charge in [-0.3, -0.25) is 0 Å². The predicted molar refractivity (Wildman–Crippen MR) is 170 cm³/mol. The summed E-state index contributed by atoms with van der Waals surface area (Å²) in [5.41, 5.74) is 8.23. The Kier molecular flexibility index (Phi) is 4.75. The van der Waals surface area contributed by atoms with Gasteiger partial charge >= 0.3 is 0 Å². The summed E-state index contributed by atoms with van der Waals surface area (Å²) in [4.78, 5) is 4.34. The van der Waals surface area contributed by atoms with Gasteiger partial charge in [-0.25, -0.2) is 0 Å². The van der Waals surface area contributed by atoms with E-state index >= 15 is 0 Å². The van der Waals surface area contributed by atoms with E-state index in [1.165, 1.54) is 22.1 Å². The maximum Gasteiger partial charge on any atom is 0.143 e. The molecule has 8 rings (SSSR count). The minimum Gasteiger partial charge on any atom is -0.455 e. The third-order valence-corrected chi connectivity index (χ3v) is 8.21. The first kappa shape index (κ1) is 23.0. The van der Waals surface area contributed by atoms with Crippen molar-refractivity contribution in [1.82, 2.24) is 0 Å². The van der Waals surface area contributed by atoms with Crippen LogP contribution in [0.1, 0.15) is 0 Å². The number of hydrogen-bond acceptors (Lipinski definition) is 4. The van der Waals surface area contributed by atoms with E-state index in [4.69, 9.17) is 8.83 Å². The maximum absolute atomic E-state index is 6.54. The lowest BCUT2D eigenvalue weighted by atomic mass is 9.99. The summed E-state index contributed by atoms with van der Waals surface area (Å²) in [5.74, 6) is 0. The highest BCUT2D eigenvalue weighted by atomic mass is 16.3. The molecule has 0 saturated carbocycles. The molecule has 0 spiro atoms. The lowest BCUT2D eigenvalue weighted by Gasteiger charge is -2.15. The van der Waals surface area contributed by atoms with Gasteiger partial charge in [0, 0.05) is 82.7 Å². The van der Waals surface area contributed by atoms with Crippen LogP contribution in [0.3, 0.4) is 0 Å². The van der Waals surface area contributed by atoms with Gasteiger partial charge in [0.2, 0.25) is 0 Å². The molecule has 6 aromatic carbocycles. The summed E-state index contributed by atoms with van der Waals surface area (Å²) in [6, 6.07) is 34.5. The molecule has 0 unspecified atom stereocenters. The van der Waals surface area contributed by atoms with E-state index in [1.54, 1.807) is 0 Å². The van der Waals surface area contributed by atoms with Crippen LogP contribution in [0, 0.1) is 0 Å². The van der Waals surface area contributed by atoms with Gasteiger partial charge in [0.1, 0.15) is 22.3 Å². The quantitative estimate of drug-likeness (QED) is 0.232. The second-order valence-corrected chi connectivity index (χ2v) is 11.1. The van der Waals surface area contributed by atoms with E-state index in [-0.39, 0.29) is 0 Å². The number of nitrogens with zero attached hydrogens (tertiary/aromatic N) is 2. The normalized spacial score (nSPS) is 12.0. The topological polar surface area (TPSA) is 32.8 Å². The third-order valence-electron chi connectivity index (χ3n) is 8.21. The fraction of sp³-hybridized carbons (Fsp3) is 0.111. The SMILES string of the molecule is CN(C)c1cc2c3ccc(-c4ccc5c(c4)oc4c6ccccc6c(N(C)C)cc54)cc3oc2c2ccccc12. The average molecular weight is 521 g/mol. The Morgan fingerprint density at radius 1 is 0.400 bits per heavy atom. The van der Waals surface area contributed by atoms with Gasteiger partial charge in [0.05, 0.1) is 0 Å². The highest BCUT2D eigenvalue weighted by Crippen LogP contribution is 2.42. The molecule has 0 bridgehead atoms. The lowest BCUT2D eigenvalue weighted by Crippen LogP contribution is -2.08. The van der Waals surface area contributed by atoms with E-state index in [0.29, 0.717) is 0 Å². The Balaban J connectivity index is 1.32. The van der Waals surface area contributed by atoms with E-state index < -0.39 is 0 Å². The number of rotatable bonds is 3. The van der Waals surface area contributed by atoms with Gasteiger partial charge in [0.15, 0.2) is 0 Å². The highest BCUT2D eigenvalue weighted by molar-refractivity contribution is 6.20. The lowest BCUT2D eigenvalue weighted by molar-refractivity contribution is 0.672.